The second kappa shape index (κ2) is 7.27. The van der Waals surface area contributed by atoms with Crippen molar-refractivity contribution in [3.63, 3.8) is 0 Å². The second-order valence-corrected chi connectivity index (χ2v) is 5.50. The van der Waals surface area contributed by atoms with Gasteiger partial charge in [-0.2, -0.15) is 5.10 Å². The van der Waals surface area contributed by atoms with Crippen LogP contribution in [0.5, 0.6) is 0 Å². The summed E-state index contributed by atoms with van der Waals surface area (Å²) in [6.07, 6.45) is 0.506. The van der Waals surface area contributed by atoms with Crippen LogP contribution in [-0.4, -0.2) is 33.7 Å². The number of aliphatic hydroxyl groups excluding tert-OH is 1. The molecule has 0 spiro atoms. The Kier molecular flexibility index (Phi) is 6.30. The maximum Gasteiger partial charge on any atom is 0.0860 e. The average Bonchev–Trinajstić information content (AvgIpc) is 2.62. The fourth-order valence-corrected chi connectivity index (χ4v) is 2.67. The monoisotopic (exact) mass is 288 g/mol. The topological polar surface area (TPSA) is 47.3 Å². The normalized spacial score (nSPS) is 14.9. The molecule has 1 N–H and O–H groups in total. The first-order valence-electron chi connectivity index (χ1n) is 6.92. The van der Waals surface area contributed by atoms with E-state index in [1.54, 1.807) is 4.68 Å². The maximum absolute atomic E-state index is 10.4. The molecular formula is C14H25ClN2O2. The van der Waals surface area contributed by atoms with Gasteiger partial charge in [-0.05, 0) is 19.3 Å². The lowest BCUT2D eigenvalue weighted by molar-refractivity contribution is -0.0567. The molecule has 110 valence electrons. The van der Waals surface area contributed by atoms with E-state index in [0.29, 0.717) is 18.1 Å². The first-order valence-corrected chi connectivity index (χ1v) is 7.29. The van der Waals surface area contributed by atoms with Crippen LogP contribution in [0.4, 0.5) is 0 Å². The molecule has 0 bridgehead atoms. The maximum atomic E-state index is 10.4. The largest absolute Gasteiger partial charge is 0.390 e. The highest BCUT2D eigenvalue weighted by Gasteiger charge is 2.26. The molecular weight excluding hydrogens is 264 g/mol. The third-order valence-electron chi connectivity index (χ3n) is 3.30. The fourth-order valence-electron chi connectivity index (χ4n) is 2.30. The van der Waals surface area contributed by atoms with Gasteiger partial charge < -0.3 is 9.84 Å². The molecule has 1 aromatic rings. The number of hydrogen-bond donors (Lipinski definition) is 1. The summed E-state index contributed by atoms with van der Waals surface area (Å²) < 4.78 is 7.39. The van der Waals surface area contributed by atoms with Gasteiger partial charge in [-0.25, -0.2) is 0 Å². The number of nitrogens with zero attached hydrogens (tertiary/aromatic N) is 2. The van der Waals surface area contributed by atoms with Crippen LogP contribution in [0.1, 0.15) is 39.1 Å². The highest BCUT2D eigenvalue weighted by Crippen LogP contribution is 2.24. The van der Waals surface area contributed by atoms with Crippen molar-refractivity contribution >= 4 is 11.6 Å². The Bertz CT molecular complexity index is 404. The minimum Gasteiger partial charge on any atom is -0.390 e. The third-order valence-corrected chi connectivity index (χ3v) is 3.74. The summed E-state index contributed by atoms with van der Waals surface area (Å²) in [5.74, 6) is 0.257. The smallest absolute Gasteiger partial charge is 0.0860 e. The summed E-state index contributed by atoms with van der Waals surface area (Å²) in [4.78, 5) is 0. The Balaban J connectivity index is 2.86. The van der Waals surface area contributed by atoms with Gasteiger partial charge >= 0.3 is 0 Å². The van der Waals surface area contributed by atoms with Crippen LogP contribution in [0.3, 0.4) is 0 Å². The predicted molar refractivity (Wildman–Crippen MR) is 77.6 cm³/mol. The molecule has 0 amide bonds. The van der Waals surface area contributed by atoms with Crippen molar-refractivity contribution in [1.29, 1.82) is 0 Å². The predicted octanol–water partition coefficient (Wildman–Crippen LogP) is 2.60. The number of aliphatic hydroxyl groups is 1. The number of aromatic nitrogens is 2. The Morgan fingerprint density at radius 2 is 2.00 bits per heavy atom. The first-order chi connectivity index (χ1) is 8.92. The number of ether oxygens (including phenoxy) is 1. The molecule has 5 heteroatoms. The minimum atomic E-state index is -0.572. The van der Waals surface area contributed by atoms with Gasteiger partial charge in [0.05, 0.1) is 28.6 Å². The molecule has 2 atom stereocenters. The van der Waals surface area contributed by atoms with E-state index in [2.05, 4.69) is 5.10 Å². The molecule has 0 fully saturated rings. The molecule has 1 aromatic heterocycles. The lowest BCUT2D eigenvalue weighted by Gasteiger charge is -2.26. The summed E-state index contributed by atoms with van der Waals surface area (Å²) in [7, 11) is 1.86. The van der Waals surface area contributed by atoms with Crippen LogP contribution < -0.4 is 0 Å². The SMILES string of the molecule is CCOC(C(C)C)C(O)Cc1c(Cl)c(CC)nn1C. The van der Waals surface area contributed by atoms with E-state index in [0.717, 1.165) is 17.8 Å². The highest BCUT2D eigenvalue weighted by molar-refractivity contribution is 6.31. The van der Waals surface area contributed by atoms with Crippen molar-refractivity contribution in [3.05, 3.63) is 16.4 Å². The van der Waals surface area contributed by atoms with Crippen LogP contribution in [0.2, 0.25) is 5.02 Å². The molecule has 0 saturated heterocycles. The minimum absolute atomic E-state index is 0.180. The van der Waals surface area contributed by atoms with Gasteiger partial charge in [0.2, 0.25) is 0 Å². The highest BCUT2D eigenvalue weighted by atomic mass is 35.5. The molecule has 0 aliphatic carbocycles. The number of rotatable bonds is 7. The molecule has 0 saturated carbocycles. The number of halogens is 1. The zero-order valence-corrected chi connectivity index (χ0v) is 13.2. The zero-order valence-electron chi connectivity index (χ0n) is 12.5. The molecule has 4 nitrogen and oxygen atoms in total. The van der Waals surface area contributed by atoms with E-state index < -0.39 is 6.10 Å². The van der Waals surface area contributed by atoms with E-state index in [9.17, 15) is 5.11 Å². The van der Waals surface area contributed by atoms with Crippen molar-refractivity contribution in [3.8, 4) is 0 Å². The Hall–Kier alpha value is -0.580. The molecule has 0 radical (unpaired) electrons. The van der Waals surface area contributed by atoms with Gasteiger partial charge in [0.25, 0.3) is 0 Å². The van der Waals surface area contributed by atoms with Gasteiger partial charge in [-0.3, -0.25) is 4.68 Å². The van der Waals surface area contributed by atoms with Crippen molar-refractivity contribution in [2.75, 3.05) is 6.61 Å². The fraction of sp³-hybridized carbons (Fsp3) is 0.786. The zero-order chi connectivity index (χ0) is 14.6. The summed E-state index contributed by atoms with van der Waals surface area (Å²) in [5, 5.41) is 15.4. The van der Waals surface area contributed by atoms with E-state index >= 15 is 0 Å². The molecule has 1 heterocycles. The number of hydrogen-bond acceptors (Lipinski definition) is 3. The lowest BCUT2D eigenvalue weighted by Crippen LogP contribution is -2.35. The Morgan fingerprint density at radius 1 is 1.37 bits per heavy atom. The van der Waals surface area contributed by atoms with Crippen LogP contribution in [0.15, 0.2) is 0 Å². The Labute approximate surface area is 120 Å². The molecule has 2 unspecified atom stereocenters. The lowest BCUT2D eigenvalue weighted by atomic mass is 9.98. The van der Waals surface area contributed by atoms with Gasteiger partial charge in [0.1, 0.15) is 0 Å². The van der Waals surface area contributed by atoms with Gasteiger partial charge in [0.15, 0.2) is 0 Å². The summed E-state index contributed by atoms with van der Waals surface area (Å²) in [5.41, 5.74) is 1.75. The summed E-state index contributed by atoms with van der Waals surface area (Å²) >= 11 is 6.30. The van der Waals surface area contributed by atoms with Crippen molar-refractivity contribution in [2.45, 2.75) is 52.7 Å². The van der Waals surface area contributed by atoms with Crippen LogP contribution in [-0.2, 0) is 24.6 Å². The van der Waals surface area contributed by atoms with E-state index in [4.69, 9.17) is 16.3 Å². The van der Waals surface area contributed by atoms with Crippen molar-refractivity contribution in [1.82, 2.24) is 9.78 Å². The molecule has 0 aliphatic heterocycles. The molecule has 0 aliphatic rings. The van der Waals surface area contributed by atoms with Gasteiger partial charge in [-0.15, -0.1) is 0 Å². The quantitative estimate of drug-likeness (QED) is 0.839. The summed E-state index contributed by atoms with van der Waals surface area (Å²) in [6.45, 7) is 8.65. The van der Waals surface area contributed by atoms with Crippen molar-refractivity contribution < 1.29 is 9.84 Å². The van der Waals surface area contributed by atoms with E-state index in [-0.39, 0.29) is 12.0 Å². The van der Waals surface area contributed by atoms with Gasteiger partial charge in [-0.1, -0.05) is 32.4 Å². The van der Waals surface area contributed by atoms with E-state index in [1.165, 1.54) is 0 Å². The number of aryl methyl sites for hydroxylation is 2. The molecule has 1 rings (SSSR count). The second-order valence-electron chi connectivity index (χ2n) is 5.12. The summed E-state index contributed by atoms with van der Waals surface area (Å²) in [6, 6.07) is 0. The van der Waals surface area contributed by atoms with E-state index in [1.807, 2.05) is 34.7 Å². The molecule has 19 heavy (non-hydrogen) atoms. The van der Waals surface area contributed by atoms with Crippen LogP contribution in [0.25, 0.3) is 0 Å². The van der Waals surface area contributed by atoms with Crippen LogP contribution >= 0.6 is 11.6 Å². The first kappa shape index (κ1) is 16.5. The standard InChI is InChI=1S/C14H25ClN2O2/c1-6-10-13(15)11(17(5)16-10)8-12(18)14(9(3)4)19-7-2/h9,12,14,18H,6-8H2,1-5H3. The van der Waals surface area contributed by atoms with Crippen molar-refractivity contribution in [2.24, 2.45) is 13.0 Å². The Morgan fingerprint density at radius 3 is 2.42 bits per heavy atom. The third kappa shape index (κ3) is 3.94. The van der Waals surface area contributed by atoms with Gasteiger partial charge in [0, 0.05) is 20.1 Å². The van der Waals surface area contributed by atoms with Crippen LogP contribution in [0, 0.1) is 5.92 Å². The molecule has 0 aromatic carbocycles. The average molecular weight is 289 g/mol.